The van der Waals surface area contributed by atoms with Crippen molar-refractivity contribution in [3.05, 3.63) is 147 Å². The zero-order valence-corrected chi connectivity index (χ0v) is 38.5. The number of hydrogen-bond acceptors (Lipinski definition) is 8. The number of imide groups is 1. The van der Waals surface area contributed by atoms with E-state index >= 15 is 0 Å². The summed E-state index contributed by atoms with van der Waals surface area (Å²) in [5.41, 5.74) is 9.19. The average Bonchev–Trinajstić information content (AvgIpc) is 3.65. The Hall–Kier alpha value is -5.21. The number of fused-ring (bicyclic) bond motifs is 1. The molecule has 0 bridgehead atoms. The van der Waals surface area contributed by atoms with Crippen molar-refractivity contribution < 1.29 is 45.2 Å². The molecule has 1 atom stereocenters. The normalized spacial score (nSPS) is 19.4. The molecule has 0 radical (unpaired) electrons. The molecule has 1 aliphatic heterocycles. The van der Waals surface area contributed by atoms with Crippen molar-refractivity contribution >= 4 is 43.6 Å². The maximum atomic E-state index is 12.6. The Morgan fingerprint density at radius 2 is 1.54 bits per heavy atom. The molecule has 2 amide bonds. The summed E-state index contributed by atoms with van der Waals surface area (Å²) in [6, 6.07) is 17.4. The minimum atomic E-state index is -4.42. The summed E-state index contributed by atoms with van der Waals surface area (Å²) >= 11 is 0. The van der Waals surface area contributed by atoms with Gasteiger partial charge in [-0.3, -0.25) is 18.7 Å². The largest absolute Gasteiger partial charge is 0.333 e. The van der Waals surface area contributed by atoms with Gasteiger partial charge in [-0.05, 0) is 119 Å². The number of benzene rings is 3. The third-order valence-electron chi connectivity index (χ3n) is 12.8. The number of carbonyl (C=O) groups is 3. The summed E-state index contributed by atoms with van der Waals surface area (Å²) in [4.78, 5) is 41.2. The van der Waals surface area contributed by atoms with Crippen LogP contribution in [0, 0.1) is 6.92 Å². The Morgan fingerprint density at radius 1 is 0.905 bits per heavy atom. The smallest absolute Gasteiger partial charge is 0.330 e. The van der Waals surface area contributed by atoms with E-state index in [2.05, 4.69) is 45.6 Å². The number of nitrogens with zero attached hydrogens (tertiary/aromatic N) is 1. The van der Waals surface area contributed by atoms with Gasteiger partial charge in [-0.15, -0.1) is 5.06 Å². The van der Waals surface area contributed by atoms with Crippen LogP contribution in [0.1, 0.15) is 132 Å². The van der Waals surface area contributed by atoms with E-state index in [1.165, 1.54) is 18.2 Å². The predicted molar refractivity (Wildman–Crippen MR) is 243 cm³/mol. The Morgan fingerprint density at radius 3 is 2.17 bits per heavy atom. The first-order valence-corrected chi connectivity index (χ1v) is 24.3. The van der Waals surface area contributed by atoms with Crippen molar-refractivity contribution in [1.82, 2.24) is 5.06 Å². The quantitative estimate of drug-likeness (QED) is 0.0850. The molecule has 63 heavy (non-hydrogen) atoms. The van der Waals surface area contributed by atoms with Crippen molar-refractivity contribution in [3.8, 4) is 0 Å². The highest BCUT2D eigenvalue weighted by molar-refractivity contribution is 7.86. The topological polar surface area (TPSA) is 172 Å². The van der Waals surface area contributed by atoms with E-state index < -0.39 is 48.8 Å². The van der Waals surface area contributed by atoms with Crippen molar-refractivity contribution in [2.24, 2.45) is 0 Å². The molecule has 2 aliphatic carbocycles. The van der Waals surface area contributed by atoms with Gasteiger partial charge in [0.15, 0.2) is 0 Å². The second-order valence-corrected chi connectivity index (χ2v) is 20.6. The zero-order valence-electron chi connectivity index (χ0n) is 36.9. The molecule has 2 N–H and O–H groups in total. The van der Waals surface area contributed by atoms with Crippen molar-refractivity contribution in [1.29, 1.82) is 0 Å². The lowest BCUT2D eigenvalue weighted by molar-refractivity contribution is -0.197. The van der Waals surface area contributed by atoms with Crippen LogP contribution in [0.25, 0.3) is 5.57 Å². The van der Waals surface area contributed by atoms with Crippen LogP contribution in [0.2, 0.25) is 0 Å². The Kier molecular flexibility index (Phi) is 13.9. The monoisotopic (exact) mass is 895 g/mol. The molecule has 1 fully saturated rings. The van der Waals surface area contributed by atoms with Crippen molar-refractivity contribution in [3.63, 3.8) is 0 Å². The fourth-order valence-corrected chi connectivity index (χ4v) is 10.1. The van der Waals surface area contributed by atoms with Gasteiger partial charge in [0.05, 0.1) is 16.2 Å². The van der Waals surface area contributed by atoms with Crippen molar-refractivity contribution in [2.75, 3.05) is 0 Å². The minimum Gasteiger partial charge on any atom is -0.330 e. The fourth-order valence-electron chi connectivity index (χ4n) is 9.07. The summed E-state index contributed by atoms with van der Waals surface area (Å²) in [5.74, 6) is -1.67. The second kappa shape index (κ2) is 18.5. The summed E-state index contributed by atoms with van der Waals surface area (Å²) in [7, 11) is -8.82. The molecule has 11 nitrogen and oxygen atoms in total. The van der Waals surface area contributed by atoms with E-state index in [0.717, 1.165) is 99.8 Å². The molecule has 1 saturated heterocycles. The fraction of sp³-hybridized carbons (Fsp3) is 0.380. The zero-order chi connectivity index (χ0) is 46.1. The van der Waals surface area contributed by atoms with E-state index in [1.807, 2.05) is 57.2 Å². The van der Waals surface area contributed by atoms with Crippen LogP contribution < -0.4 is 0 Å². The van der Waals surface area contributed by atoms with Gasteiger partial charge in [-0.2, -0.15) is 16.8 Å². The highest BCUT2D eigenvalue weighted by Gasteiger charge is 2.41. The predicted octanol–water partition coefficient (Wildman–Crippen LogP) is 10.2. The molecular weight excluding hydrogens is 839 g/mol. The van der Waals surface area contributed by atoms with Crippen LogP contribution in [0.3, 0.4) is 0 Å². The lowest BCUT2D eigenvalue weighted by Crippen LogP contribution is -2.32. The van der Waals surface area contributed by atoms with Crippen LogP contribution >= 0.6 is 0 Å². The van der Waals surface area contributed by atoms with Crippen LogP contribution in [0.15, 0.2) is 124 Å². The molecule has 334 valence electrons. The SMILES string of the molecule is C=C(/C=C/C1=C(c2ccc(CCC(=O)ON3C(=O)CCC3=O)cc2)C(=C/C=C2/C(CCCC)c3ccc(S(=O)(=O)O)cc3C2(C)C)/CCC1)C(C)(C)c1cc(S(=O)(=O)O)ccc1C. The first-order valence-electron chi connectivity index (χ1n) is 21.4. The number of unbranched alkanes of at least 4 members (excludes halogenated alkanes) is 1. The van der Waals surface area contributed by atoms with E-state index in [4.69, 9.17) is 4.84 Å². The minimum absolute atomic E-state index is 0.0212. The highest BCUT2D eigenvalue weighted by Crippen LogP contribution is 2.53. The standard InChI is InChI=1S/C50H57NO10S2/c1-8-9-13-40-41-25-24-39(63(58,59)60)31-44(41)50(6,7)42(40)26-22-36-12-10-11-35(19-15-33(3)49(4,5)43-30-38(62(55,56)57)23-14-32(43)2)48(36)37-20-16-34(17-21-37)18-29-47(54)61-51-45(52)27-28-46(51)53/h14-17,19-26,30-31,40H,3,8-13,18,27-29H2,1-2,4-7H3,(H,55,56,57)(H,58,59,60)/b19-15+,36-22+,42-26-. The molecule has 13 heteroatoms. The van der Waals surface area contributed by atoms with Crippen molar-refractivity contribution in [2.45, 2.75) is 132 Å². The van der Waals surface area contributed by atoms with E-state index in [1.54, 1.807) is 12.1 Å². The molecular formula is C50H57NO10S2. The first kappa shape index (κ1) is 47.3. The molecule has 1 heterocycles. The third-order valence-corrected chi connectivity index (χ3v) is 14.5. The second-order valence-electron chi connectivity index (χ2n) is 17.8. The van der Waals surface area contributed by atoms with Crippen LogP contribution in [0.5, 0.6) is 0 Å². The molecule has 6 rings (SSSR count). The number of rotatable bonds is 15. The average molecular weight is 896 g/mol. The molecule has 3 aromatic carbocycles. The number of aryl methyl sites for hydroxylation is 2. The van der Waals surface area contributed by atoms with E-state index in [0.29, 0.717) is 11.5 Å². The third kappa shape index (κ3) is 10.3. The van der Waals surface area contributed by atoms with Gasteiger partial charge < -0.3 is 4.84 Å². The Bertz CT molecular complexity index is 2680. The molecule has 3 aromatic rings. The molecule has 1 unspecified atom stereocenters. The van der Waals surface area contributed by atoms with Gasteiger partial charge >= 0.3 is 5.97 Å². The number of hydroxylamine groups is 2. The lowest BCUT2D eigenvalue weighted by Gasteiger charge is -2.29. The maximum absolute atomic E-state index is 12.6. The maximum Gasteiger partial charge on any atom is 0.333 e. The summed E-state index contributed by atoms with van der Waals surface area (Å²) in [5, 5.41) is 0.557. The van der Waals surface area contributed by atoms with Gasteiger partial charge in [-0.25, -0.2) is 4.79 Å². The van der Waals surface area contributed by atoms with Crippen LogP contribution in [0.4, 0.5) is 0 Å². The van der Waals surface area contributed by atoms with Gasteiger partial charge in [0.1, 0.15) is 0 Å². The summed E-state index contributed by atoms with van der Waals surface area (Å²) in [6.45, 7) is 16.6. The van der Waals surface area contributed by atoms with Gasteiger partial charge in [0.2, 0.25) is 0 Å². The lowest BCUT2D eigenvalue weighted by atomic mass is 9.75. The van der Waals surface area contributed by atoms with E-state index in [-0.39, 0.29) is 35.0 Å². The first-order chi connectivity index (χ1) is 29.5. The number of allylic oxidation sites excluding steroid dienone is 9. The number of hydrogen-bond donors (Lipinski definition) is 2. The summed E-state index contributed by atoms with van der Waals surface area (Å²) < 4.78 is 68.3. The van der Waals surface area contributed by atoms with Gasteiger partial charge in [0, 0.05) is 29.6 Å². The Balaban J connectivity index is 1.39. The Labute approximate surface area is 371 Å². The molecule has 0 saturated carbocycles. The van der Waals surface area contributed by atoms with Crippen LogP contribution in [-0.4, -0.2) is 48.8 Å². The van der Waals surface area contributed by atoms with E-state index in [9.17, 15) is 40.3 Å². The number of carbonyl (C=O) groups excluding carboxylic acids is 3. The number of amides is 2. The summed E-state index contributed by atoms with van der Waals surface area (Å²) in [6.07, 6.45) is 14.0. The van der Waals surface area contributed by atoms with Gasteiger partial charge in [-0.1, -0.05) is 120 Å². The van der Waals surface area contributed by atoms with Crippen LogP contribution in [-0.2, 0) is 56.7 Å². The van der Waals surface area contributed by atoms with Gasteiger partial charge in [0.25, 0.3) is 32.1 Å². The molecule has 3 aliphatic rings. The molecule has 0 spiro atoms. The highest BCUT2D eigenvalue weighted by atomic mass is 32.2. The molecule has 0 aromatic heterocycles.